The number of nitrogens with one attached hydrogen (secondary N) is 1. The van der Waals surface area contributed by atoms with Gasteiger partial charge in [0.1, 0.15) is 29.1 Å². The average molecular weight is 287 g/mol. The second-order valence-corrected chi connectivity index (χ2v) is 3.97. The molecule has 0 radical (unpaired) electrons. The molecule has 0 fully saturated rings. The molecule has 0 unspecified atom stereocenters. The number of carboxylic acids is 1. The summed E-state index contributed by atoms with van der Waals surface area (Å²) in [6.45, 7) is 3.40. The minimum Gasteiger partial charge on any atom is -0.480 e. The number of carbonyl (C=O) groups is 2. The van der Waals surface area contributed by atoms with E-state index in [2.05, 4.69) is 6.58 Å². The first-order chi connectivity index (χ1) is 9.36. The molecule has 0 aromatic heterocycles. The maximum atomic E-state index is 13.4. The number of amides is 1. The topological polar surface area (TPSA) is 66.4 Å². The van der Waals surface area contributed by atoms with E-state index in [0.29, 0.717) is 18.6 Å². The van der Waals surface area contributed by atoms with Crippen molar-refractivity contribution >= 4 is 11.9 Å². The van der Waals surface area contributed by atoms with E-state index < -0.39 is 40.9 Å². The second kappa shape index (κ2) is 6.74. The van der Waals surface area contributed by atoms with Crippen LogP contribution < -0.4 is 5.32 Å². The summed E-state index contributed by atoms with van der Waals surface area (Å²) < 4.78 is 39.4. The van der Waals surface area contributed by atoms with E-state index in [0.717, 1.165) is 0 Å². The Kier molecular flexibility index (Phi) is 5.31. The molecule has 1 atom stereocenters. The minimum atomic E-state index is -1.40. The zero-order valence-corrected chi connectivity index (χ0v) is 10.3. The summed E-state index contributed by atoms with van der Waals surface area (Å²) in [5.41, 5.74) is -1.02. The molecule has 0 aliphatic rings. The molecule has 20 heavy (non-hydrogen) atoms. The highest BCUT2D eigenvalue weighted by atomic mass is 19.1. The molecule has 0 aliphatic heterocycles. The first-order valence-corrected chi connectivity index (χ1v) is 5.66. The smallest absolute Gasteiger partial charge is 0.326 e. The zero-order chi connectivity index (χ0) is 15.3. The molecule has 2 N–H and O–H groups in total. The van der Waals surface area contributed by atoms with Crippen molar-refractivity contribution in [1.82, 2.24) is 5.32 Å². The predicted molar refractivity (Wildman–Crippen MR) is 64.6 cm³/mol. The van der Waals surface area contributed by atoms with Crippen molar-refractivity contribution < 1.29 is 27.9 Å². The van der Waals surface area contributed by atoms with Gasteiger partial charge in [-0.3, -0.25) is 4.79 Å². The van der Waals surface area contributed by atoms with Gasteiger partial charge in [0.2, 0.25) is 0 Å². The van der Waals surface area contributed by atoms with Gasteiger partial charge in [0, 0.05) is 12.1 Å². The lowest BCUT2D eigenvalue weighted by Gasteiger charge is -2.14. The molecule has 7 heteroatoms. The van der Waals surface area contributed by atoms with E-state index in [9.17, 15) is 22.8 Å². The number of hydrogen-bond donors (Lipinski definition) is 2. The van der Waals surface area contributed by atoms with Crippen LogP contribution in [0.3, 0.4) is 0 Å². The minimum absolute atomic E-state index is 0.0228. The van der Waals surface area contributed by atoms with Crippen molar-refractivity contribution in [3.8, 4) is 0 Å². The van der Waals surface area contributed by atoms with Gasteiger partial charge in [-0.1, -0.05) is 6.08 Å². The predicted octanol–water partition coefficient (Wildman–Crippen LogP) is 2.25. The molecule has 1 amide bonds. The molecule has 1 aromatic carbocycles. The molecule has 0 heterocycles. The van der Waals surface area contributed by atoms with Crippen LogP contribution in [-0.2, 0) is 4.79 Å². The maximum absolute atomic E-state index is 13.4. The van der Waals surface area contributed by atoms with Crippen LogP contribution in [0.15, 0.2) is 24.8 Å². The molecule has 4 nitrogen and oxygen atoms in total. The zero-order valence-electron chi connectivity index (χ0n) is 10.3. The number of halogens is 3. The first kappa shape index (κ1) is 15.7. The molecule has 0 aliphatic carbocycles. The van der Waals surface area contributed by atoms with E-state index in [-0.39, 0.29) is 6.42 Å². The van der Waals surface area contributed by atoms with Crippen LogP contribution >= 0.6 is 0 Å². The number of rotatable bonds is 6. The van der Waals surface area contributed by atoms with E-state index in [1.807, 2.05) is 5.32 Å². The standard InChI is InChI=1S/C13H12F3NO3/c1-2-3-4-10(13(19)20)17-12(18)11-8(15)5-7(14)6-9(11)16/h2,5-6,10H,1,3-4H2,(H,17,18)(H,19,20)/t10-/m1/s1. The average Bonchev–Trinajstić information content (AvgIpc) is 2.32. The second-order valence-electron chi connectivity index (χ2n) is 3.97. The van der Waals surface area contributed by atoms with Crippen LogP contribution in [0.1, 0.15) is 23.2 Å². The molecular weight excluding hydrogens is 275 g/mol. The summed E-state index contributed by atoms with van der Waals surface area (Å²) >= 11 is 0. The summed E-state index contributed by atoms with van der Waals surface area (Å²) in [4.78, 5) is 22.6. The summed E-state index contributed by atoms with van der Waals surface area (Å²) in [7, 11) is 0. The lowest BCUT2D eigenvalue weighted by atomic mass is 10.1. The number of carboxylic acid groups (broad SMARTS) is 1. The Labute approximate surface area is 112 Å². The third-order valence-corrected chi connectivity index (χ3v) is 2.50. The third kappa shape index (κ3) is 3.84. The Morgan fingerprint density at radius 1 is 1.30 bits per heavy atom. The number of carbonyl (C=O) groups excluding carboxylic acids is 1. The van der Waals surface area contributed by atoms with Crippen molar-refractivity contribution in [3.05, 3.63) is 47.8 Å². The highest BCUT2D eigenvalue weighted by molar-refractivity contribution is 5.97. The fourth-order valence-corrected chi connectivity index (χ4v) is 1.53. The highest BCUT2D eigenvalue weighted by Gasteiger charge is 2.24. The lowest BCUT2D eigenvalue weighted by molar-refractivity contribution is -0.139. The van der Waals surface area contributed by atoms with Crippen molar-refractivity contribution in [2.24, 2.45) is 0 Å². The Balaban J connectivity index is 2.94. The lowest BCUT2D eigenvalue weighted by Crippen LogP contribution is -2.41. The third-order valence-electron chi connectivity index (χ3n) is 2.50. The van der Waals surface area contributed by atoms with Crippen LogP contribution in [0, 0.1) is 17.5 Å². The van der Waals surface area contributed by atoms with E-state index in [1.165, 1.54) is 6.08 Å². The van der Waals surface area contributed by atoms with Crippen LogP contribution in [0.4, 0.5) is 13.2 Å². The number of aliphatic carboxylic acids is 1. The number of allylic oxidation sites excluding steroid dienone is 1. The molecule has 0 bridgehead atoms. The van der Waals surface area contributed by atoms with E-state index in [4.69, 9.17) is 5.11 Å². The SMILES string of the molecule is C=CCC[C@@H](NC(=O)c1c(F)cc(F)cc1F)C(=O)O. The molecule has 1 aromatic rings. The first-order valence-electron chi connectivity index (χ1n) is 5.66. The van der Waals surface area contributed by atoms with Crippen LogP contribution in [0.5, 0.6) is 0 Å². The normalized spacial score (nSPS) is 11.8. The molecular formula is C13H12F3NO3. The van der Waals surface area contributed by atoms with Crippen molar-refractivity contribution in [3.63, 3.8) is 0 Å². The van der Waals surface area contributed by atoms with Crippen LogP contribution in [-0.4, -0.2) is 23.0 Å². The maximum Gasteiger partial charge on any atom is 0.326 e. The Bertz CT molecular complexity index is 523. The van der Waals surface area contributed by atoms with Gasteiger partial charge >= 0.3 is 5.97 Å². The van der Waals surface area contributed by atoms with Gasteiger partial charge in [-0.25, -0.2) is 18.0 Å². The van der Waals surface area contributed by atoms with Gasteiger partial charge in [0.25, 0.3) is 5.91 Å². The van der Waals surface area contributed by atoms with Gasteiger partial charge in [-0.2, -0.15) is 0 Å². The summed E-state index contributed by atoms with van der Waals surface area (Å²) in [6, 6.07) is -0.626. The van der Waals surface area contributed by atoms with E-state index >= 15 is 0 Å². The Morgan fingerprint density at radius 3 is 2.30 bits per heavy atom. The molecule has 0 saturated heterocycles. The van der Waals surface area contributed by atoms with Gasteiger partial charge in [-0.05, 0) is 12.8 Å². The van der Waals surface area contributed by atoms with Gasteiger partial charge in [0.05, 0.1) is 0 Å². The molecule has 0 spiro atoms. The van der Waals surface area contributed by atoms with Gasteiger partial charge < -0.3 is 10.4 Å². The molecule has 108 valence electrons. The van der Waals surface area contributed by atoms with Gasteiger partial charge in [-0.15, -0.1) is 6.58 Å². The molecule has 1 rings (SSSR count). The quantitative estimate of drug-likeness (QED) is 0.789. The summed E-state index contributed by atoms with van der Waals surface area (Å²) in [5.74, 6) is -6.56. The van der Waals surface area contributed by atoms with Crippen LogP contribution in [0.2, 0.25) is 0 Å². The highest BCUT2D eigenvalue weighted by Crippen LogP contribution is 2.15. The van der Waals surface area contributed by atoms with Crippen molar-refractivity contribution in [2.45, 2.75) is 18.9 Å². The Hall–Kier alpha value is -2.31. The monoisotopic (exact) mass is 287 g/mol. The van der Waals surface area contributed by atoms with E-state index in [1.54, 1.807) is 0 Å². The molecule has 0 saturated carbocycles. The van der Waals surface area contributed by atoms with Crippen LogP contribution in [0.25, 0.3) is 0 Å². The summed E-state index contributed by atoms with van der Waals surface area (Å²) in [6.07, 6.45) is 1.77. The number of hydrogen-bond acceptors (Lipinski definition) is 2. The van der Waals surface area contributed by atoms with Gasteiger partial charge in [0.15, 0.2) is 0 Å². The largest absolute Gasteiger partial charge is 0.480 e. The number of benzene rings is 1. The fourth-order valence-electron chi connectivity index (χ4n) is 1.53. The van der Waals surface area contributed by atoms with Crippen molar-refractivity contribution in [1.29, 1.82) is 0 Å². The fraction of sp³-hybridized carbons (Fsp3) is 0.231. The Morgan fingerprint density at radius 2 is 1.85 bits per heavy atom. The summed E-state index contributed by atoms with van der Waals surface area (Å²) in [5, 5.41) is 10.9. The van der Waals surface area contributed by atoms with Crippen molar-refractivity contribution in [2.75, 3.05) is 0 Å².